The Hall–Kier alpha value is -1.62. The first kappa shape index (κ1) is 14.3. The molecule has 1 amide bonds. The summed E-state index contributed by atoms with van der Waals surface area (Å²) in [5, 5.41) is 0.706. The molecule has 1 aliphatic rings. The van der Waals surface area contributed by atoms with E-state index in [1.54, 1.807) is 3.96 Å². The van der Waals surface area contributed by atoms with Gasteiger partial charge in [-0.2, -0.15) is 0 Å². The molecule has 1 aromatic carbocycles. The maximum absolute atomic E-state index is 12.7. The predicted molar refractivity (Wildman–Crippen MR) is 85.8 cm³/mol. The molecule has 2 heterocycles. The molecule has 0 aliphatic carbocycles. The number of benzene rings is 1. The molecule has 1 aromatic heterocycles. The van der Waals surface area contributed by atoms with Crippen molar-refractivity contribution in [3.05, 3.63) is 34.6 Å². The highest BCUT2D eigenvalue weighted by molar-refractivity contribution is 7.14. The van der Waals surface area contributed by atoms with Gasteiger partial charge in [0.05, 0.1) is 10.1 Å². The monoisotopic (exact) mass is 304 g/mol. The van der Waals surface area contributed by atoms with Crippen molar-refractivity contribution in [3.63, 3.8) is 0 Å². The Morgan fingerprint density at radius 3 is 2.48 bits per heavy atom. The minimum Gasteiger partial charge on any atom is -0.341 e. The van der Waals surface area contributed by atoms with E-state index in [0.717, 1.165) is 30.6 Å². The molecule has 21 heavy (non-hydrogen) atoms. The van der Waals surface area contributed by atoms with Crippen molar-refractivity contribution in [1.29, 1.82) is 0 Å². The first-order valence-electron chi connectivity index (χ1n) is 7.58. The molecule has 0 radical (unpaired) electrons. The van der Waals surface area contributed by atoms with Crippen LogP contribution in [0.2, 0.25) is 0 Å². The van der Waals surface area contributed by atoms with Crippen LogP contribution in [-0.2, 0) is 4.79 Å². The minimum absolute atomic E-state index is 0.0497. The second kappa shape index (κ2) is 6.02. The van der Waals surface area contributed by atoms with Gasteiger partial charge in [-0.15, -0.1) is 0 Å². The van der Waals surface area contributed by atoms with Crippen LogP contribution in [0.5, 0.6) is 0 Å². The molecule has 0 unspecified atom stereocenters. The van der Waals surface area contributed by atoms with Gasteiger partial charge in [0, 0.05) is 13.1 Å². The van der Waals surface area contributed by atoms with Crippen molar-refractivity contribution in [2.45, 2.75) is 38.6 Å². The van der Waals surface area contributed by atoms with Gasteiger partial charge in [0.15, 0.2) is 0 Å². The van der Waals surface area contributed by atoms with E-state index < -0.39 is 6.04 Å². The Kier molecular flexibility index (Phi) is 4.10. The Morgan fingerprint density at radius 1 is 1.14 bits per heavy atom. The zero-order valence-corrected chi connectivity index (χ0v) is 13.1. The topological polar surface area (TPSA) is 42.3 Å². The summed E-state index contributed by atoms with van der Waals surface area (Å²) in [6, 6.07) is 7.13. The van der Waals surface area contributed by atoms with E-state index in [4.69, 9.17) is 0 Å². The molecule has 4 nitrogen and oxygen atoms in total. The second-order valence-electron chi connectivity index (χ2n) is 5.63. The third kappa shape index (κ3) is 2.75. The number of fused-ring (bicyclic) bond motifs is 1. The molecule has 5 heteroatoms. The molecule has 1 aliphatic heterocycles. The van der Waals surface area contributed by atoms with E-state index in [2.05, 4.69) is 0 Å². The molecule has 3 rings (SSSR count). The van der Waals surface area contributed by atoms with Gasteiger partial charge < -0.3 is 4.90 Å². The summed E-state index contributed by atoms with van der Waals surface area (Å²) in [5.41, 5.74) is -0.0497. The van der Waals surface area contributed by atoms with Gasteiger partial charge in [0.2, 0.25) is 5.91 Å². The molecule has 2 aromatic rings. The van der Waals surface area contributed by atoms with Crippen LogP contribution < -0.4 is 5.56 Å². The summed E-state index contributed by atoms with van der Waals surface area (Å²) >= 11 is 1.39. The lowest BCUT2D eigenvalue weighted by molar-refractivity contribution is -0.134. The molecule has 1 saturated heterocycles. The van der Waals surface area contributed by atoms with E-state index >= 15 is 0 Å². The summed E-state index contributed by atoms with van der Waals surface area (Å²) in [6.45, 7) is 3.48. The first-order chi connectivity index (χ1) is 10.2. The fourth-order valence-electron chi connectivity index (χ4n) is 2.90. The Bertz CT molecular complexity index is 696. The number of carbonyl (C=O) groups is 1. The van der Waals surface area contributed by atoms with Crippen molar-refractivity contribution in [2.24, 2.45) is 0 Å². The summed E-state index contributed by atoms with van der Waals surface area (Å²) in [4.78, 5) is 27.0. The Labute approximate surface area is 128 Å². The van der Waals surface area contributed by atoms with E-state index in [1.165, 1.54) is 24.4 Å². The lowest BCUT2D eigenvalue weighted by Gasteiger charge is -2.24. The van der Waals surface area contributed by atoms with Crippen molar-refractivity contribution in [2.75, 3.05) is 13.1 Å². The predicted octanol–water partition coefficient (Wildman–Crippen LogP) is 3.03. The summed E-state index contributed by atoms with van der Waals surface area (Å²) < 4.78 is 2.57. The number of rotatable bonds is 2. The maximum Gasteiger partial charge on any atom is 0.269 e. The normalized spacial score (nSPS) is 17.7. The van der Waals surface area contributed by atoms with Crippen molar-refractivity contribution >= 4 is 27.5 Å². The van der Waals surface area contributed by atoms with Crippen molar-refractivity contribution < 1.29 is 4.79 Å². The zero-order chi connectivity index (χ0) is 14.8. The maximum atomic E-state index is 12.7. The van der Waals surface area contributed by atoms with Gasteiger partial charge in [-0.25, -0.2) is 0 Å². The van der Waals surface area contributed by atoms with E-state index in [0.29, 0.717) is 5.39 Å². The van der Waals surface area contributed by atoms with Crippen molar-refractivity contribution in [1.82, 2.24) is 8.86 Å². The molecule has 0 bridgehead atoms. The number of likely N-dealkylation sites (tertiary alicyclic amines) is 1. The van der Waals surface area contributed by atoms with Gasteiger partial charge in [0.1, 0.15) is 6.04 Å². The average molecular weight is 304 g/mol. The number of nitrogens with zero attached hydrogens (tertiary/aromatic N) is 2. The Balaban J connectivity index is 1.89. The molecule has 1 fully saturated rings. The van der Waals surface area contributed by atoms with Gasteiger partial charge in [-0.3, -0.25) is 13.5 Å². The number of carbonyl (C=O) groups excluding carboxylic acids is 1. The molecule has 0 spiro atoms. The lowest BCUT2D eigenvalue weighted by atomic mass is 10.2. The standard InChI is InChI=1S/C16H20N2O2S/c1-12(15(19)17-10-6-2-3-7-11-17)18-16(20)13-8-4-5-9-14(13)21-18/h4-5,8-9,12H,2-3,6-7,10-11H2,1H3/t12-/m1/s1. The summed E-state index contributed by atoms with van der Waals surface area (Å²) in [6.07, 6.45) is 4.53. The van der Waals surface area contributed by atoms with Crippen LogP contribution in [0.25, 0.3) is 10.1 Å². The van der Waals surface area contributed by atoms with E-state index in [-0.39, 0.29) is 11.5 Å². The molecule has 0 saturated carbocycles. The molecular formula is C16H20N2O2S. The summed E-state index contributed by atoms with van der Waals surface area (Å²) in [7, 11) is 0. The van der Waals surface area contributed by atoms with Crippen LogP contribution in [0.3, 0.4) is 0 Å². The van der Waals surface area contributed by atoms with Gasteiger partial charge in [0.25, 0.3) is 5.56 Å². The highest BCUT2D eigenvalue weighted by Crippen LogP contribution is 2.21. The minimum atomic E-state index is -0.409. The largest absolute Gasteiger partial charge is 0.341 e. The quantitative estimate of drug-likeness (QED) is 0.856. The third-order valence-electron chi connectivity index (χ3n) is 4.14. The van der Waals surface area contributed by atoms with Gasteiger partial charge in [-0.1, -0.05) is 36.5 Å². The van der Waals surface area contributed by atoms with Crippen LogP contribution in [0.15, 0.2) is 29.1 Å². The lowest BCUT2D eigenvalue weighted by Crippen LogP contribution is -2.38. The number of aromatic nitrogens is 1. The average Bonchev–Trinajstić information content (AvgIpc) is 2.70. The zero-order valence-electron chi connectivity index (χ0n) is 12.2. The summed E-state index contributed by atoms with van der Waals surface area (Å²) in [5.74, 6) is 0.0746. The third-order valence-corrected chi connectivity index (χ3v) is 5.37. The fourth-order valence-corrected chi connectivity index (χ4v) is 3.93. The first-order valence-corrected chi connectivity index (χ1v) is 8.35. The highest BCUT2D eigenvalue weighted by Gasteiger charge is 2.25. The van der Waals surface area contributed by atoms with Crippen molar-refractivity contribution in [3.8, 4) is 0 Å². The molecule has 0 N–H and O–H groups in total. The van der Waals surface area contributed by atoms with Gasteiger partial charge >= 0.3 is 0 Å². The van der Waals surface area contributed by atoms with E-state index in [1.807, 2.05) is 36.1 Å². The van der Waals surface area contributed by atoms with Gasteiger partial charge in [-0.05, 0) is 31.9 Å². The smallest absolute Gasteiger partial charge is 0.269 e. The number of hydrogen-bond donors (Lipinski definition) is 0. The molecule has 1 atom stereocenters. The number of amides is 1. The van der Waals surface area contributed by atoms with Crippen LogP contribution in [0, 0.1) is 0 Å². The molecular weight excluding hydrogens is 284 g/mol. The van der Waals surface area contributed by atoms with Crippen LogP contribution in [0.4, 0.5) is 0 Å². The fraction of sp³-hybridized carbons (Fsp3) is 0.500. The highest BCUT2D eigenvalue weighted by atomic mass is 32.1. The molecule has 112 valence electrons. The Morgan fingerprint density at radius 2 is 1.81 bits per heavy atom. The second-order valence-corrected chi connectivity index (χ2v) is 6.65. The van der Waals surface area contributed by atoms with E-state index in [9.17, 15) is 9.59 Å². The van der Waals surface area contributed by atoms with Crippen LogP contribution >= 0.6 is 11.5 Å². The van der Waals surface area contributed by atoms with Crippen LogP contribution in [0.1, 0.15) is 38.6 Å². The SMILES string of the molecule is C[C@H](C(=O)N1CCCCCC1)n1sc2ccccc2c1=O. The number of hydrogen-bond acceptors (Lipinski definition) is 3. The van der Waals surface area contributed by atoms with Crippen LogP contribution in [-0.4, -0.2) is 27.9 Å².